The van der Waals surface area contributed by atoms with Gasteiger partial charge < -0.3 is 10.5 Å². The molecule has 16 heavy (non-hydrogen) atoms. The number of nitrogens with zero attached hydrogens (tertiary/aromatic N) is 1. The maximum Gasteiger partial charge on any atom is 0.165 e. The molecule has 4 heteroatoms. The number of hydrogen-bond donors (Lipinski definition) is 1. The Morgan fingerprint density at radius 3 is 2.75 bits per heavy atom. The van der Waals surface area contributed by atoms with Crippen LogP contribution < -0.4 is 10.5 Å². The van der Waals surface area contributed by atoms with E-state index in [2.05, 4.69) is 0 Å². The second-order valence-electron chi connectivity index (χ2n) is 3.71. The fourth-order valence-corrected chi connectivity index (χ4v) is 1.38. The van der Waals surface area contributed by atoms with Gasteiger partial charge in [0.15, 0.2) is 11.6 Å². The summed E-state index contributed by atoms with van der Waals surface area (Å²) in [6.07, 6.45) is 0.789. The quantitative estimate of drug-likeness (QED) is 0.749. The molecule has 0 amide bonds. The molecule has 0 atom stereocenters. The summed E-state index contributed by atoms with van der Waals surface area (Å²) in [5.41, 5.74) is 6.42. The molecular weight excluding hydrogens is 207 g/mol. The molecule has 0 aliphatic carbocycles. The highest BCUT2D eigenvalue weighted by molar-refractivity contribution is 5.29. The summed E-state index contributed by atoms with van der Waals surface area (Å²) < 4.78 is 18.6. The molecule has 2 N–H and O–H groups in total. The van der Waals surface area contributed by atoms with Crippen LogP contribution in [-0.4, -0.2) is 31.8 Å². The highest BCUT2D eigenvalue weighted by Gasteiger charge is 2.04. The average molecular weight is 226 g/mol. The van der Waals surface area contributed by atoms with Gasteiger partial charge in [-0.1, -0.05) is 6.07 Å². The molecular formula is C12H19FN2O. The first kappa shape index (κ1) is 12.9. The first-order chi connectivity index (χ1) is 7.67. The van der Waals surface area contributed by atoms with Crippen molar-refractivity contribution in [2.75, 3.05) is 26.9 Å². The van der Waals surface area contributed by atoms with Gasteiger partial charge in [0, 0.05) is 13.2 Å². The lowest BCUT2D eigenvalue weighted by Crippen LogP contribution is -2.27. The van der Waals surface area contributed by atoms with Gasteiger partial charge in [-0.25, -0.2) is 4.39 Å². The molecule has 0 unspecified atom stereocenters. The predicted molar refractivity (Wildman–Crippen MR) is 63.0 cm³/mol. The number of benzene rings is 1. The third kappa shape index (κ3) is 3.79. The summed E-state index contributed by atoms with van der Waals surface area (Å²) in [6.45, 7) is 3.65. The third-order valence-electron chi connectivity index (χ3n) is 2.39. The van der Waals surface area contributed by atoms with Gasteiger partial charge in [0.2, 0.25) is 0 Å². The molecule has 0 saturated carbocycles. The van der Waals surface area contributed by atoms with Crippen molar-refractivity contribution >= 4 is 0 Å². The number of likely N-dealkylation sites (N-methyl/N-ethyl adjacent to an activating group) is 1. The van der Waals surface area contributed by atoms with Crippen molar-refractivity contribution in [3.63, 3.8) is 0 Å². The van der Waals surface area contributed by atoms with E-state index in [9.17, 15) is 4.39 Å². The zero-order chi connectivity index (χ0) is 12.0. The Kier molecular flexibility index (Phi) is 5.22. The van der Waals surface area contributed by atoms with E-state index < -0.39 is 0 Å². The molecule has 0 fully saturated rings. The smallest absolute Gasteiger partial charge is 0.165 e. The third-order valence-corrected chi connectivity index (χ3v) is 2.39. The van der Waals surface area contributed by atoms with Gasteiger partial charge in [-0.15, -0.1) is 0 Å². The van der Waals surface area contributed by atoms with Crippen molar-refractivity contribution < 1.29 is 9.13 Å². The summed E-state index contributed by atoms with van der Waals surface area (Å²) in [6, 6.07) is 5.09. The van der Waals surface area contributed by atoms with E-state index in [1.54, 1.807) is 6.07 Å². The Labute approximate surface area is 96.0 Å². The Bertz CT molecular complexity index is 331. The molecule has 0 saturated heterocycles. The van der Waals surface area contributed by atoms with Crippen molar-refractivity contribution in [3.05, 3.63) is 29.6 Å². The van der Waals surface area contributed by atoms with Crippen molar-refractivity contribution in [2.24, 2.45) is 5.73 Å². The Morgan fingerprint density at radius 2 is 2.19 bits per heavy atom. The van der Waals surface area contributed by atoms with Crippen LogP contribution in [0.1, 0.15) is 12.5 Å². The molecule has 1 aromatic rings. The molecule has 90 valence electrons. The summed E-state index contributed by atoms with van der Waals surface area (Å²) >= 11 is 0. The topological polar surface area (TPSA) is 38.5 Å². The SMILES string of the molecule is CCOc1ccc(CCN(C)CN)cc1F. The van der Waals surface area contributed by atoms with E-state index in [0.29, 0.717) is 19.0 Å². The van der Waals surface area contributed by atoms with Gasteiger partial charge in [-0.2, -0.15) is 0 Å². The van der Waals surface area contributed by atoms with Crippen molar-refractivity contribution in [2.45, 2.75) is 13.3 Å². The fourth-order valence-electron chi connectivity index (χ4n) is 1.38. The summed E-state index contributed by atoms with van der Waals surface area (Å²) in [5.74, 6) is 0.0215. The fraction of sp³-hybridized carbons (Fsp3) is 0.500. The minimum absolute atomic E-state index is 0.297. The maximum absolute atomic E-state index is 13.5. The first-order valence-electron chi connectivity index (χ1n) is 5.47. The van der Waals surface area contributed by atoms with E-state index in [0.717, 1.165) is 18.5 Å². The second kappa shape index (κ2) is 6.45. The van der Waals surface area contributed by atoms with Crippen LogP contribution in [0.2, 0.25) is 0 Å². The van der Waals surface area contributed by atoms with Crippen LogP contribution in [-0.2, 0) is 6.42 Å². The Hall–Kier alpha value is -1.13. The van der Waals surface area contributed by atoms with Gasteiger partial charge in [-0.05, 0) is 38.1 Å². The zero-order valence-electron chi connectivity index (χ0n) is 9.87. The van der Waals surface area contributed by atoms with E-state index >= 15 is 0 Å². The molecule has 0 radical (unpaired) electrons. The molecule has 1 aromatic carbocycles. The lowest BCUT2D eigenvalue weighted by molar-refractivity contribution is 0.320. The monoisotopic (exact) mass is 226 g/mol. The summed E-state index contributed by atoms with van der Waals surface area (Å²) in [7, 11) is 1.94. The summed E-state index contributed by atoms with van der Waals surface area (Å²) in [4.78, 5) is 1.98. The first-order valence-corrected chi connectivity index (χ1v) is 5.47. The molecule has 0 spiro atoms. The average Bonchev–Trinajstić information content (AvgIpc) is 2.29. The number of ether oxygens (including phenoxy) is 1. The number of halogens is 1. The van der Waals surface area contributed by atoms with Crippen LogP contribution >= 0.6 is 0 Å². The maximum atomic E-state index is 13.5. The van der Waals surface area contributed by atoms with E-state index in [-0.39, 0.29) is 5.82 Å². The Morgan fingerprint density at radius 1 is 1.44 bits per heavy atom. The molecule has 1 rings (SSSR count). The van der Waals surface area contributed by atoms with Gasteiger partial charge in [0.1, 0.15) is 0 Å². The molecule has 0 aliphatic heterocycles. The standard InChI is InChI=1S/C12H19FN2O/c1-3-16-12-5-4-10(8-11(12)13)6-7-15(2)9-14/h4-5,8H,3,6-7,9,14H2,1-2H3. The summed E-state index contributed by atoms with van der Waals surface area (Å²) in [5, 5.41) is 0. The number of hydrogen-bond acceptors (Lipinski definition) is 3. The highest BCUT2D eigenvalue weighted by Crippen LogP contribution is 2.18. The number of rotatable bonds is 6. The van der Waals surface area contributed by atoms with Gasteiger partial charge in [0.05, 0.1) is 6.61 Å². The van der Waals surface area contributed by atoms with Crippen LogP contribution in [0.5, 0.6) is 5.75 Å². The molecule has 0 bridgehead atoms. The largest absolute Gasteiger partial charge is 0.491 e. The van der Waals surface area contributed by atoms with E-state index in [1.807, 2.05) is 24.9 Å². The van der Waals surface area contributed by atoms with Crippen LogP contribution in [0.3, 0.4) is 0 Å². The second-order valence-corrected chi connectivity index (χ2v) is 3.71. The van der Waals surface area contributed by atoms with Gasteiger partial charge in [0.25, 0.3) is 0 Å². The van der Waals surface area contributed by atoms with Crippen LogP contribution in [0.4, 0.5) is 4.39 Å². The lowest BCUT2D eigenvalue weighted by Gasteiger charge is -2.13. The van der Waals surface area contributed by atoms with Crippen molar-refractivity contribution in [1.82, 2.24) is 4.90 Å². The zero-order valence-corrected chi connectivity index (χ0v) is 9.87. The van der Waals surface area contributed by atoms with Gasteiger partial charge in [-0.3, -0.25) is 4.90 Å². The lowest BCUT2D eigenvalue weighted by atomic mass is 10.1. The molecule has 3 nitrogen and oxygen atoms in total. The minimum Gasteiger partial charge on any atom is -0.491 e. The van der Waals surface area contributed by atoms with Crippen LogP contribution in [0, 0.1) is 5.82 Å². The predicted octanol–water partition coefficient (Wildman–Crippen LogP) is 1.61. The Balaban J connectivity index is 2.59. The molecule has 0 aromatic heterocycles. The van der Waals surface area contributed by atoms with Crippen molar-refractivity contribution in [3.8, 4) is 5.75 Å². The highest BCUT2D eigenvalue weighted by atomic mass is 19.1. The normalized spacial score (nSPS) is 10.8. The van der Waals surface area contributed by atoms with E-state index in [1.165, 1.54) is 6.07 Å². The van der Waals surface area contributed by atoms with E-state index in [4.69, 9.17) is 10.5 Å². The van der Waals surface area contributed by atoms with Crippen LogP contribution in [0.15, 0.2) is 18.2 Å². The van der Waals surface area contributed by atoms with Crippen molar-refractivity contribution in [1.29, 1.82) is 0 Å². The molecule has 0 aliphatic rings. The molecule has 0 heterocycles. The minimum atomic E-state index is -0.297. The van der Waals surface area contributed by atoms with Crippen LogP contribution in [0.25, 0.3) is 0 Å². The number of nitrogens with two attached hydrogens (primary N) is 1. The van der Waals surface area contributed by atoms with Gasteiger partial charge >= 0.3 is 0 Å².